The van der Waals surface area contributed by atoms with Gasteiger partial charge in [-0.15, -0.1) is 0 Å². The first-order chi connectivity index (χ1) is 12.8. The van der Waals surface area contributed by atoms with Gasteiger partial charge in [0.1, 0.15) is 30.1 Å². The maximum absolute atomic E-state index is 5.90. The van der Waals surface area contributed by atoms with Crippen molar-refractivity contribution < 1.29 is 4.74 Å². The van der Waals surface area contributed by atoms with Crippen LogP contribution in [0.3, 0.4) is 0 Å². The third-order valence-corrected chi connectivity index (χ3v) is 4.21. The summed E-state index contributed by atoms with van der Waals surface area (Å²) in [5.41, 5.74) is 4.05. The van der Waals surface area contributed by atoms with Crippen molar-refractivity contribution in [1.29, 1.82) is 0 Å². The normalized spacial score (nSPS) is 10.8. The van der Waals surface area contributed by atoms with Gasteiger partial charge in [0.15, 0.2) is 0 Å². The average molecular weight is 344 g/mol. The molecule has 130 valence electrons. The number of aromatic amines is 1. The minimum absolute atomic E-state index is 0.541. The fraction of sp³-hybridized carbons (Fsp3) is 0.143. The summed E-state index contributed by atoms with van der Waals surface area (Å²) in [7, 11) is 0. The molecule has 0 aliphatic carbocycles. The van der Waals surface area contributed by atoms with Gasteiger partial charge in [-0.05, 0) is 30.2 Å². The summed E-state index contributed by atoms with van der Waals surface area (Å²) in [6, 6.07) is 20.1. The number of benzene rings is 2. The van der Waals surface area contributed by atoms with E-state index in [1.807, 2.05) is 42.5 Å². The standard InChI is InChI=1S/C21H20N4O/c1-2-16-12-19-20(24-16)22-14-23-21(19)25-17-9-6-10-18(11-17)26-13-15-7-4-3-5-8-15/h3-12,14H,2,13H2,1H3,(H2,22,23,24,25). The van der Waals surface area contributed by atoms with Crippen LogP contribution in [0.1, 0.15) is 18.2 Å². The molecule has 2 heterocycles. The molecule has 26 heavy (non-hydrogen) atoms. The van der Waals surface area contributed by atoms with Gasteiger partial charge in [0.25, 0.3) is 0 Å². The molecule has 0 radical (unpaired) electrons. The number of anilines is 2. The number of ether oxygens (including phenoxy) is 1. The second-order valence-corrected chi connectivity index (χ2v) is 6.06. The van der Waals surface area contributed by atoms with Crippen LogP contribution in [0.4, 0.5) is 11.5 Å². The van der Waals surface area contributed by atoms with Gasteiger partial charge in [0, 0.05) is 17.4 Å². The van der Waals surface area contributed by atoms with E-state index >= 15 is 0 Å². The van der Waals surface area contributed by atoms with E-state index < -0.39 is 0 Å². The molecule has 0 bridgehead atoms. The maximum atomic E-state index is 5.90. The van der Waals surface area contributed by atoms with E-state index in [1.165, 1.54) is 0 Å². The third kappa shape index (κ3) is 3.52. The van der Waals surface area contributed by atoms with E-state index in [1.54, 1.807) is 6.33 Å². The Morgan fingerprint density at radius 3 is 2.73 bits per heavy atom. The Balaban J connectivity index is 1.53. The molecular formula is C21H20N4O. The van der Waals surface area contributed by atoms with Gasteiger partial charge in [-0.25, -0.2) is 9.97 Å². The van der Waals surface area contributed by atoms with Crippen molar-refractivity contribution in [3.05, 3.63) is 78.2 Å². The molecule has 0 atom stereocenters. The number of nitrogens with one attached hydrogen (secondary N) is 2. The van der Waals surface area contributed by atoms with Crippen molar-refractivity contribution in [2.75, 3.05) is 5.32 Å². The fourth-order valence-electron chi connectivity index (χ4n) is 2.83. The van der Waals surface area contributed by atoms with E-state index in [0.717, 1.165) is 46.0 Å². The molecule has 0 spiro atoms. The Morgan fingerprint density at radius 1 is 1.00 bits per heavy atom. The lowest BCUT2D eigenvalue weighted by Crippen LogP contribution is -1.97. The second-order valence-electron chi connectivity index (χ2n) is 6.06. The lowest BCUT2D eigenvalue weighted by atomic mass is 10.2. The predicted octanol–water partition coefficient (Wildman–Crippen LogP) is 4.84. The molecule has 4 aromatic rings. The molecule has 0 saturated heterocycles. The van der Waals surface area contributed by atoms with Crippen molar-refractivity contribution in [3.63, 3.8) is 0 Å². The molecule has 2 aromatic carbocycles. The monoisotopic (exact) mass is 344 g/mol. The fourth-order valence-corrected chi connectivity index (χ4v) is 2.83. The number of fused-ring (bicyclic) bond motifs is 1. The SMILES string of the molecule is CCc1cc2c(Nc3cccc(OCc4ccccc4)c3)ncnc2[nH]1. The zero-order valence-corrected chi connectivity index (χ0v) is 14.6. The summed E-state index contributed by atoms with van der Waals surface area (Å²) in [5.74, 6) is 1.60. The Kier molecular flexibility index (Phi) is 4.51. The van der Waals surface area contributed by atoms with Crippen LogP contribution in [0, 0.1) is 0 Å². The molecule has 0 saturated carbocycles. The predicted molar refractivity (Wildman–Crippen MR) is 104 cm³/mol. The Bertz CT molecular complexity index is 1010. The highest BCUT2D eigenvalue weighted by Crippen LogP contribution is 2.26. The first-order valence-electron chi connectivity index (χ1n) is 8.68. The number of hydrogen-bond donors (Lipinski definition) is 2. The number of aromatic nitrogens is 3. The van der Waals surface area contributed by atoms with Crippen LogP contribution in [0.15, 0.2) is 67.0 Å². The first-order valence-corrected chi connectivity index (χ1v) is 8.68. The Labute approximate surface area is 152 Å². The molecule has 2 N–H and O–H groups in total. The summed E-state index contributed by atoms with van der Waals surface area (Å²) in [6.07, 6.45) is 2.50. The molecule has 5 heteroatoms. The summed E-state index contributed by atoms with van der Waals surface area (Å²) in [4.78, 5) is 12.0. The van der Waals surface area contributed by atoms with Crippen LogP contribution in [0.2, 0.25) is 0 Å². The largest absolute Gasteiger partial charge is 0.489 e. The lowest BCUT2D eigenvalue weighted by Gasteiger charge is -2.10. The summed E-state index contributed by atoms with van der Waals surface area (Å²) >= 11 is 0. The zero-order chi connectivity index (χ0) is 17.8. The lowest BCUT2D eigenvalue weighted by molar-refractivity contribution is 0.306. The van der Waals surface area contributed by atoms with Crippen LogP contribution in [-0.2, 0) is 13.0 Å². The molecule has 0 fully saturated rings. The smallest absolute Gasteiger partial charge is 0.143 e. The highest BCUT2D eigenvalue weighted by molar-refractivity contribution is 5.89. The Morgan fingerprint density at radius 2 is 1.88 bits per heavy atom. The molecule has 2 aromatic heterocycles. The molecule has 5 nitrogen and oxygen atoms in total. The molecule has 0 unspecified atom stereocenters. The van der Waals surface area contributed by atoms with E-state index in [4.69, 9.17) is 4.74 Å². The molecule has 0 aliphatic rings. The highest BCUT2D eigenvalue weighted by atomic mass is 16.5. The molecular weight excluding hydrogens is 324 g/mol. The van der Waals surface area contributed by atoms with Crippen LogP contribution in [0.5, 0.6) is 5.75 Å². The van der Waals surface area contributed by atoms with E-state index in [0.29, 0.717) is 6.61 Å². The number of hydrogen-bond acceptors (Lipinski definition) is 4. The number of aryl methyl sites for hydroxylation is 1. The Hall–Kier alpha value is -3.34. The van der Waals surface area contributed by atoms with Gasteiger partial charge in [-0.3, -0.25) is 0 Å². The van der Waals surface area contributed by atoms with Crippen molar-refractivity contribution in [1.82, 2.24) is 15.0 Å². The van der Waals surface area contributed by atoms with Gasteiger partial charge < -0.3 is 15.0 Å². The van der Waals surface area contributed by atoms with Crippen LogP contribution in [0.25, 0.3) is 11.0 Å². The molecule has 4 rings (SSSR count). The third-order valence-electron chi connectivity index (χ3n) is 4.21. The van der Waals surface area contributed by atoms with Crippen LogP contribution < -0.4 is 10.1 Å². The van der Waals surface area contributed by atoms with Gasteiger partial charge in [-0.2, -0.15) is 0 Å². The number of H-pyrrole nitrogens is 1. The van der Waals surface area contributed by atoms with Gasteiger partial charge in [0.05, 0.1) is 5.39 Å². The minimum Gasteiger partial charge on any atom is -0.489 e. The average Bonchev–Trinajstić information content (AvgIpc) is 3.12. The second kappa shape index (κ2) is 7.27. The summed E-state index contributed by atoms with van der Waals surface area (Å²) < 4.78 is 5.90. The zero-order valence-electron chi connectivity index (χ0n) is 14.6. The van der Waals surface area contributed by atoms with Crippen molar-refractivity contribution in [2.24, 2.45) is 0 Å². The van der Waals surface area contributed by atoms with Crippen molar-refractivity contribution in [2.45, 2.75) is 20.0 Å². The van der Waals surface area contributed by atoms with E-state index in [2.05, 4.69) is 45.4 Å². The molecule has 0 aliphatic heterocycles. The number of nitrogens with zero attached hydrogens (tertiary/aromatic N) is 2. The van der Waals surface area contributed by atoms with Crippen LogP contribution in [-0.4, -0.2) is 15.0 Å². The summed E-state index contributed by atoms with van der Waals surface area (Å²) in [5, 5.41) is 4.36. The van der Waals surface area contributed by atoms with Crippen molar-refractivity contribution >= 4 is 22.5 Å². The quantitative estimate of drug-likeness (QED) is 0.525. The van der Waals surface area contributed by atoms with E-state index in [-0.39, 0.29) is 0 Å². The topological polar surface area (TPSA) is 62.8 Å². The first kappa shape index (κ1) is 16.1. The molecule has 0 amide bonds. The van der Waals surface area contributed by atoms with E-state index in [9.17, 15) is 0 Å². The highest BCUT2D eigenvalue weighted by Gasteiger charge is 2.08. The number of rotatable bonds is 6. The van der Waals surface area contributed by atoms with Crippen LogP contribution >= 0.6 is 0 Å². The van der Waals surface area contributed by atoms with Gasteiger partial charge >= 0.3 is 0 Å². The van der Waals surface area contributed by atoms with Gasteiger partial charge in [-0.1, -0.05) is 43.3 Å². The van der Waals surface area contributed by atoms with Crippen molar-refractivity contribution in [3.8, 4) is 5.75 Å². The minimum atomic E-state index is 0.541. The van der Waals surface area contributed by atoms with Gasteiger partial charge in [0.2, 0.25) is 0 Å². The summed E-state index contributed by atoms with van der Waals surface area (Å²) in [6.45, 7) is 2.65. The maximum Gasteiger partial charge on any atom is 0.143 e.